The third-order valence-corrected chi connectivity index (χ3v) is 5.74. The third kappa shape index (κ3) is 6.52. The van der Waals surface area contributed by atoms with Crippen LogP contribution in [0.4, 0.5) is 0 Å². The maximum Gasteiger partial charge on any atom is 0.192 e. The summed E-state index contributed by atoms with van der Waals surface area (Å²) in [6.45, 7) is 5.27. The fourth-order valence-electron chi connectivity index (χ4n) is 4.16. The lowest BCUT2D eigenvalue weighted by Crippen LogP contribution is -2.19. The van der Waals surface area contributed by atoms with Gasteiger partial charge in [0.15, 0.2) is 5.78 Å². The molecule has 0 N–H and O–H groups in total. The molecule has 0 amide bonds. The Morgan fingerprint density at radius 1 is 1.16 bits per heavy atom. The molecule has 4 nitrogen and oxygen atoms in total. The van der Waals surface area contributed by atoms with Crippen molar-refractivity contribution in [2.45, 2.75) is 58.2 Å². The van der Waals surface area contributed by atoms with Crippen molar-refractivity contribution in [2.75, 3.05) is 20.3 Å². The van der Waals surface area contributed by atoms with Gasteiger partial charge in [0.2, 0.25) is 0 Å². The van der Waals surface area contributed by atoms with Crippen molar-refractivity contribution in [1.82, 2.24) is 0 Å². The topological polar surface area (TPSA) is 44.8 Å². The van der Waals surface area contributed by atoms with E-state index in [4.69, 9.17) is 14.2 Å². The number of aryl methyl sites for hydroxylation is 1. The molecule has 2 unspecified atom stereocenters. The molecule has 2 aromatic carbocycles. The number of hydrogen-bond acceptors (Lipinski definition) is 4. The van der Waals surface area contributed by atoms with E-state index < -0.39 is 0 Å². The number of rotatable bonds is 6. The van der Waals surface area contributed by atoms with Gasteiger partial charge in [0.05, 0.1) is 31.5 Å². The van der Waals surface area contributed by atoms with Gasteiger partial charge < -0.3 is 14.2 Å². The molecule has 0 radical (unpaired) electrons. The summed E-state index contributed by atoms with van der Waals surface area (Å²) in [5.41, 5.74) is 3.69. The minimum absolute atomic E-state index is 0.000249. The molecule has 0 aliphatic carbocycles. The van der Waals surface area contributed by atoms with E-state index in [1.54, 1.807) is 7.11 Å². The number of Topliss-reactive ketones (excluding diaryl/α,β-unsaturated/α-hetero) is 1. The van der Waals surface area contributed by atoms with Gasteiger partial charge in [-0.25, -0.2) is 0 Å². The Labute approximate surface area is 186 Å². The van der Waals surface area contributed by atoms with Crippen molar-refractivity contribution < 1.29 is 19.0 Å². The molecule has 0 spiro atoms. The summed E-state index contributed by atoms with van der Waals surface area (Å²) < 4.78 is 17.8. The first-order valence-electron chi connectivity index (χ1n) is 11.3. The average molecular weight is 423 g/mol. The van der Waals surface area contributed by atoms with Gasteiger partial charge in [-0.3, -0.25) is 4.79 Å². The Bertz CT molecular complexity index is 872. The van der Waals surface area contributed by atoms with Crippen molar-refractivity contribution in [1.29, 1.82) is 0 Å². The SMILES string of the molecule is CCOC1CCCC(C(=O)c2cc(C)ccc2OC)=CCCOC(c2ccccc2)C1. The zero-order chi connectivity index (χ0) is 22.1. The first-order chi connectivity index (χ1) is 15.1. The van der Waals surface area contributed by atoms with Crippen LogP contribution in [0.3, 0.4) is 0 Å². The molecule has 2 atom stereocenters. The van der Waals surface area contributed by atoms with Crippen molar-refractivity contribution >= 4 is 5.78 Å². The molecule has 1 aliphatic heterocycles. The molecule has 0 saturated carbocycles. The highest BCUT2D eigenvalue weighted by Gasteiger charge is 2.22. The Kier molecular flexibility index (Phi) is 8.86. The van der Waals surface area contributed by atoms with E-state index in [9.17, 15) is 4.79 Å². The van der Waals surface area contributed by atoms with E-state index >= 15 is 0 Å². The maximum atomic E-state index is 13.4. The van der Waals surface area contributed by atoms with Crippen LogP contribution >= 0.6 is 0 Å². The summed E-state index contributed by atoms with van der Waals surface area (Å²) >= 11 is 0. The molecule has 0 saturated heterocycles. The van der Waals surface area contributed by atoms with E-state index in [0.717, 1.165) is 36.8 Å². The lowest BCUT2D eigenvalue weighted by Gasteiger charge is -2.24. The number of benzene rings is 2. The van der Waals surface area contributed by atoms with Gasteiger partial charge in [0, 0.05) is 13.0 Å². The van der Waals surface area contributed by atoms with Crippen LogP contribution in [0.1, 0.15) is 66.6 Å². The number of hydrogen-bond donors (Lipinski definition) is 0. The summed E-state index contributed by atoms with van der Waals surface area (Å²) in [5.74, 6) is 0.672. The fourth-order valence-corrected chi connectivity index (χ4v) is 4.16. The van der Waals surface area contributed by atoms with Gasteiger partial charge in [-0.05, 0) is 62.8 Å². The highest BCUT2D eigenvalue weighted by molar-refractivity contribution is 6.10. The second kappa shape index (κ2) is 11.8. The van der Waals surface area contributed by atoms with E-state index in [1.165, 1.54) is 5.56 Å². The minimum atomic E-state index is 0.000249. The first kappa shape index (κ1) is 23.2. The summed E-state index contributed by atoms with van der Waals surface area (Å²) in [7, 11) is 1.61. The van der Waals surface area contributed by atoms with Gasteiger partial charge >= 0.3 is 0 Å². The van der Waals surface area contributed by atoms with Crippen molar-refractivity contribution in [3.8, 4) is 5.75 Å². The summed E-state index contributed by atoms with van der Waals surface area (Å²) in [5, 5.41) is 0. The monoisotopic (exact) mass is 422 g/mol. The smallest absolute Gasteiger partial charge is 0.192 e. The van der Waals surface area contributed by atoms with Gasteiger partial charge in [0.25, 0.3) is 0 Å². The van der Waals surface area contributed by atoms with Crippen molar-refractivity contribution in [2.24, 2.45) is 0 Å². The lowest BCUT2D eigenvalue weighted by atomic mass is 9.94. The molecule has 4 heteroatoms. The molecule has 0 fully saturated rings. The predicted molar refractivity (Wildman–Crippen MR) is 124 cm³/mol. The van der Waals surface area contributed by atoms with Gasteiger partial charge in [-0.15, -0.1) is 0 Å². The Morgan fingerprint density at radius 2 is 1.97 bits per heavy atom. The van der Waals surface area contributed by atoms with Gasteiger partial charge in [-0.1, -0.05) is 48.0 Å². The predicted octanol–water partition coefficient (Wildman–Crippen LogP) is 6.24. The molecular weight excluding hydrogens is 388 g/mol. The van der Waals surface area contributed by atoms with E-state index in [1.807, 2.05) is 56.3 Å². The molecule has 0 bridgehead atoms. The number of ketones is 1. The van der Waals surface area contributed by atoms with Crippen LogP contribution in [-0.4, -0.2) is 32.2 Å². The Hall–Kier alpha value is -2.43. The molecular formula is C27H34O4. The summed E-state index contributed by atoms with van der Waals surface area (Å²) in [6.07, 6.45) is 6.22. The summed E-state index contributed by atoms with van der Waals surface area (Å²) in [4.78, 5) is 13.4. The Morgan fingerprint density at radius 3 is 2.71 bits per heavy atom. The zero-order valence-corrected chi connectivity index (χ0v) is 18.9. The molecule has 1 heterocycles. The second-order valence-corrected chi connectivity index (χ2v) is 8.03. The molecule has 166 valence electrons. The molecule has 0 aromatic heterocycles. The van der Waals surface area contributed by atoms with E-state index in [-0.39, 0.29) is 18.0 Å². The average Bonchev–Trinajstić information content (AvgIpc) is 2.84. The largest absolute Gasteiger partial charge is 0.496 e. The van der Waals surface area contributed by atoms with Crippen LogP contribution < -0.4 is 4.74 Å². The first-order valence-corrected chi connectivity index (χ1v) is 11.3. The van der Waals surface area contributed by atoms with Crippen LogP contribution in [-0.2, 0) is 9.47 Å². The molecule has 31 heavy (non-hydrogen) atoms. The normalized spacial score (nSPS) is 20.4. The zero-order valence-electron chi connectivity index (χ0n) is 18.9. The number of carbonyl (C=O) groups excluding carboxylic acids is 1. The van der Waals surface area contributed by atoms with E-state index in [0.29, 0.717) is 30.9 Å². The lowest BCUT2D eigenvalue weighted by molar-refractivity contribution is -0.0170. The third-order valence-electron chi connectivity index (χ3n) is 5.74. The van der Waals surface area contributed by atoms with Gasteiger partial charge in [0.1, 0.15) is 5.75 Å². The number of methoxy groups -OCH3 is 1. The molecule has 2 aromatic rings. The number of ether oxygens (including phenoxy) is 3. The van der Waals surface area contributed by atoms with Crippen molar-refractivity contribution in [3.63, 3.8) is 0 Å². The molecule has 3 rings (SSSR count). The number of carbonyl (C=O) groups is 1. The number of allylic oxidation sites excluding steroid dienone is 1. The van der Waals surface area contributed by atoms with Crippen LogP contribution in [0.25, 0.3) is 0 Å². The van der Waals surface area contributed by atoms with Crippen LogP contribution in [0.5, 0.6) is 5.75 Å². The summed E-state index contributed by atoms with van der Waals surface area (Å²) in [6, 6.07) is 16.1. The highest BCUT2D eigenvalue weighted by atomic mass is 16.5. The second-order valence-electron chi connectivity index (χ2n) is 8.03. The highest BCUT2D eigenvalue weighted by Crippen LogP contribution is 2.29. The Balaban J connectivity index is 1.80. The molecule has 1 aliphatic rings. The quantitative estimate of drug-likeness (QED) is 0.517. The standard InChI is InChI=1S/C27H34O4/c1-4-30-23-14-8-12-22(27(28)24-18-20(2)15-16-25(24)29-3)13-9-17-31-26(19-23)21-10-6-5-7-11-21/h5-7,10-11,13,15-16,18,23,26H,4,8-9,12,14,17,19H2,1-3H3. The van der Waals surface area contributed by atoms with Gasteiger partial charge in [-0.2, -0.15) is 0 Å². The fraction of sp³-hybridized carbons (Fsp3) is 0.444. The van der Waals surface area contributed by atoms with Crippen molar-refractivity contribution in [3.05, 3.63) is 76.9 Å². The van der Waals surface area contributed by atoms with Crippen LogP contribution in [0.15, 0.2) is 60.2 Å². The maximum absolute atomic E-state index is 13.4. The minimum Gasteiger partial charge on any atom is -0.496 e. The van der Waals surface area contributed by atoms with Crippen LogP contribution in [0, 0.1) is 6.92 Å². The van der Waals surface area contributed by atoms with Crippen LogP contribution in [0.2, 0.25) is 0 Å². The van der Waals surface area contributed by atoms with E-state index in [2.05, 4.69) is 12.1 Å².